The summed E-state index contributed by atoms with van der Waals surface area (Å²) in [4.78, 5) is 24.8. The average Bonchev–Trinajstić information content (AvgIpc) is 3.16. The minimum absolute atomic E-state index is 0.0160. The highest BCUT2D eigenvalue weighted by molar-refractivity contribution is 5.95. The summed E-state index contributed by atoms with van der Waals surface area (Å²) < 4.78 is 3.70. The van der Waals surface area contributed by atoms with Gasteiger partial charge in [-0.1, -0.05) is 86.1 Å². The molecule has 0 saturated carbocycles. The van der Waals surface area contributed by atoms with Crippen molar-refractivity contribution < 1.29 is 9.90 Å². The molecule has 0 fully saturated rings. The molecule has 0 radical (unpaired) electrons. The van der Waals surface area contributed by atoms with Gasteiger partial charge in [0.25, 0.3) is 0 Å². The van der Waals surface area contributed by atoms with Gasteiger partial charge in [-0.15, -0.1) is 0 Å². The Labute approximate surface area is 199 Å². The second kappa shape index (κ2) is 10.8. The van der Waals surface area contributed by atoms with Gasteiger partial charge < -0.3 is 5.11 Å². The number of carboxylic acids is 1. The van der Waals surface area contributed by atoms with E-state index < -0.39 is 5.97 Å². The number of rotatable bonds is 10. The third-order valence-electron chi connectivity index (χ3n) is 6.16. The van der Waals surface area contributed by atoms with Crippen molar-refractivity contribution in [1.29, 1.82) is 0 Å². The largest absolute Gasteiger partial charge is 0.478 e. The topological polar surface area (TPSA) is 64.2 Å². The van der Waals surface area contributed by atoms with E-state index in [9.17, 15) is 14.7 Å². The molecule has 0 aliphatic rings. The zero-order valence-corrected chi connectivity index (χ0v) is 19.5. The quantitative estimate of drug-likeness (QED) is 0.337. The number of aromatic carboxylic acids is 1. The first-order valence-electron chi connectivity index (χ1n) is 11.8. The van der Waals surface area contributed by atoms with Crippen LogP contribution in [0.25, 0.3) is 11.1 Å². The molecule has 5 nitrogen and oxygen atoms in total. The lowest BCUT2D eigenvalue weighted by atomic mass is 9.99. The van der Waals surface area contributed by atoms with Crippen LogP contribution in [-0.2, 0) is 25.9 Å². The molecule has 0 amide bonds. The van der Waals surface area contributed by atoms with Crippen molar-refractivity contribution in [3.05, 3.63) is 118 Å². The zero-order chi connectivity index (χ0) is 23.9. The number of aromatic nitrogens is 2. The maximum Gasteiger partial charge on any atom is 0.336 e. The summed E-state index contributed by atoms with van der Waals surface area (Å²) in [7, 11) is 0. The Kier molecular flexibility index (Phi) is 7.43. The van der Waals surface area contributed by atoms with Gasteiger partial charge in [-0.05, 0) is 47.6 Å². The Bertz CT molecular complexity index is 1300. The standard InChI is InChI=1S/C29H30N2O3/c1-2-3-11-25-21-30(19-18-22-9-5-4-6-10-22)29(34)31(25)20-23-14-16-24(17-15-23)26-12-7-8-13-27(26)28(32)33/h4-10,12-17,21H,2-3,11,18-20H2,1H3,(H,32,33). The molecule has 5 heteroatoms. The van der Waals surface area contributed by atoms with E-state index in [0.29, 0.717) is 18.7 Å². The SMILES string of the molecule is CCCCc1cn(CCc2ccccc2)c(=O)n1Cc1ccc(-c2ccccc2C(=O)O)cc1. The van der Waals surface area contributed by atoms with Crippen LogP contribution in [0.4, 0.5) is 0 Å². The van der Waals surface area contributed by atoms with Crippen molar-refractivity contribution >= 4 is 5.97 Å². The zero-order valence-electron chi connectivity index (χ0n) is 19.5. The van der Waals surface area contributed by atoms with E-state index >= 15 is 0 Å². The summed E-state index contributed by atoms with van der Waals surface area (Å²) >= 11 is 0. The fraction of sp³-hybridized carbons (Fsp3) is 0.241. The van der Waals surface area contributed by atoms with Gasteiger partial charge in [0, 0.05) is 18.4 Å². The number of nitrogens with zero attached hydrogens (tertiary/aromatic N) is 2. The molecule has 0 atom stereocenters. The Hall–Kier alpha value is -3.86. The third-order valence-corrected chi connectivity index (χ3v) is 6.16. The molecule has 4 aromatic rings. The minimum Gasteiger partial charge on any atom is -0.478 e. The molecule has 1 aromatic heterocycles. The maximum absolute atomic E-state index is 13.2. The lowest BCUT2D eigenvalue weighted by molar-refractivity contribution is 0.0697. The van der Waals surface area contributed by atoms with Gasteiger partial charge in [-0.2, -0.15) is 0 Å². The van der Waals surface area contributed by atoms with Crippen molar-refractivity contribution in [2.45, 2.75) is 45.7 Å². The summed E-state index contributed by atoms with van der Waals surface area (Å²) in [6.07, 6.45) is 5.80. The van der Waals surface area contributed by atoms with Crippen molar-refractivity contribution in [2.24, 2.45) is 0 Å². The van der Waals surface area contributed by atoms with Crippen LogP contribution in [0.1, 0.15) is 46.9 Å². The van der Waals surface area contributed by atoms with Gasteiger partial charge >= 0.3 is 11.7 Å². The number of aryl methyl sites for hydroxylation is 3. The average molecular weight is 455 g/mol. The van der Waals surface area contributed by atoms with Crippen LogP contribution in [0.3, 0.4) is 0 Å². The maximum atomic E-state index is 13.2. The van der Waals surface area contributed by atoms with Crippen LogP contribution in [0.15, 0.2) is 89.9 Å². The molecule has 0 unspecified atom stereocenters. The van der Waals surface area contributed by atoms with Crippen LogP contribution < -0.4 is 5.69 Å². The number of hydrogen-bond donors (Lipinski definition) is 1. The molecule has 1 N–H and O–H groups in total. The second-order valence-corrected chi connectivity index (χ2v) is 8.57. The summed E-state index contributed by atoms with van der Waals surface area (Å²) in [5, 5.41) is 9.49. The van der Waals surface area contributed by atoms with Crippen LogP contribution in [0, 0.1) is 0 Å². The number of hydrogen-bond acceptors (Lipinski definition) is 2. The third kappa shape index (κ3) is 5.37. The van der Waals surface area contributed by atoms with Crippen molar-refractivity contribution in [1.82, 2.24) is 9.13 Å². The molecule has 3 aromatic carbocycles. The molecular weight excluding hydrogens is 424 g/mol. The Morgan fingerprint density at radius 2 is 1.56 bits per heavy atom. The van der Waals surface area contributed by atoms with Crippen LogP contribution >= 0.6 is 0 Å². The first-order chi connectivity index (χ1) is 16.6. The van der Waals surface area contributed by atoms with E-state index in [1.54, 1.807) is 12.1 Å². The second-order valence-electron chi connectivity index (χ2n) is 8.57. The summed E-state index contributed by atoms with van der Waals surface area (Å²) in [5.41, 5.74) is 5.12. The Morgan fingerprint density at radius 1 is 0.853 bits per heavy atom. The Morgan fingerprint density at radius 3 is 2.26 bits per heavy atom. The molecule has 1 heterocycles. The molecule has 34 heavy (non-hydrogen) atoms. The number of carboxylic acid groups (broad SMARTS) is 1. The van der Waals surface area contributed by atoms with E-state index in [4.69, 9.17) is 0 Å². The van der Waals surface area contributed by atoms with Gasteiger partial charge in [-0.3, -0.25) is 9.13 Å². The summed E-state index contributed by atoms with van der Waals surface area (Å²) in [5.74, 6) is -0.941. The number of imidazole rings is 1. The predicted molar refractivity (Wildman–Crippen MR) is 135 cm³/mol. The molecule has 0 aliphatic heterocycles. The molecule has 0 bridgehead atoms. The first kappa shape index (κ1) is 23.3. The van der Waals surface area contributed by atoms with Crippen LogP contribution in [-0.4, -0.2) is 20.2 Å². The summed E-state index contributed by atoms with van der Waals surface area (Å²) in [6.45, 7) is 3.31. The number of carbonyl (C=O) groups is 1. The highest BCUT2D eigenvalue weighted by atomic mass is 16.4. The van der Waals surface area contributed by atoms with Gasteiger partial charge in [0.15, 0.2) is 0 Å². The molecule has 0 aliphatic carbocycles. The molecular formula is C29H30N2O3. The lowest BCUT2D eigenvalue weighted by Crippen LogP contribution is -2.26. The van der Waals surface area contributed by atoms with Crippen LogP contribution in [0.2, 0.25) is 0 Å². The summed E-state index contributed by atoms with van der Waals surface area (Å²) in [6, 6.07) is 25.0. The molecule has 0 saturated heterocycles. The van der Waals surface area contributed by atoms with Gasteiger partial charge in [0.1, 0.15) is 0 Å². The van der Waals surface area contributed by atoms with E-state index in [1.807, 2.05) is 69.9 Å². The van der Waals surface area contributed by atoms with Gasteiger partial charge in [-0.25, -0.2) is 9.59 Å². The number of benzene rings is 3. The monoisotopic (exact) mass is 454 g/mol. The van der Waals surface area contributed by atoms with E-state index in [0.717, 1.165) is 42.5 Å². The van der Waals surface area contributed by atoms with E-state index in [-0.39, 0.29) is 11.3 Å². The fourth-order valence-electron chi connectivity index (χ4n) is 4.26. The predicted octanol–water partition coefficient (Wildman–Crippen LogP) is 5.65. The van der Waals surface area contributed by atoms with Crippen LogP contribution in [0.5, 0.6) is 0 Å². The lowest BCUT2D eigenvalue weighted by Gasteiger charge is -2.10. The smallest absolute Gasteiger partial charge is 0.336 e. The van der Waals surface area contributed by atoms with Crippen molar-refractivity contribution in [2.75, 3.05) is 0 Å². The molecule has 4 rings (SSSR count). The highest BCUT2D eigenvalue weighted by Gasteiger charge is 2.13. The van der Waals surface area contributed by atoms with Crippen molar-refractivity contribution in [3.63, 3.8) is 0 Å². The first-order valence-corrected chi connectivity index (χ1v) is 11.8. The fourth-order valence-corrected chi connectivity index (χ4v) is 4.26. The van der Waals surface area contributed by atoms with Gasteiger partial charge in [0.05, 0.1) is 12.1 Å². The highest BCUT2D eigenvalue weighted by Crippen LogP contribution is 2.24. The van der Waals surface area contributed by atoms with E-state index in [2.05, 4.69) is 19.1 Å². The van der Waals surface area contributed by atoms with Crippen molar-refractivity contribution in [3.8, 4) is 11.1 Å². The van der Waals surface area contributed by atoms with Gasteiger partial charge in [0.2, 0.25) is 0 Å². The molecule has 0 spiro atoms. The Balaban J connectivity index is 1.57. The minimum atomic E-state index is -0.941. The molecule has 174 valence electrons. The number of unbranched alkanes of at least 4 members (excludes halogenated alkanes) is 1. The normalized spacial score (nSPS) is 11.0. The van der Waals surface area contributed by atoms with E-state index in [1.165, 1.54) is 5.56 Å².